The van der Waals surface area contributed by atoms with Gasteiger partial charge >= 0.3 is 11.9 Å². The number of nitrogens with zero attached hydrogens (tertiary/aromatic N) is 5. The molecule has 0 aliphatic carbocycles. The maximum atomic E-state index is 9.72. The number of benzene rings is 3. The molecule has 0 spiro atoms. The van der Waals surface area contributed by atoms with Crippen LogP contribution < -0.4 is 4.90 Å². The molecule has 1 atom stereocenters. The summed E-state index contributed by atoms with van der Waals surface area (Å²) in [5.74, 6) is -0.852. The fraction of sp³-hybridized carbons (Fsp3) is 0.314. The van der Waals surface area contributed by atoms with E-state index >= 15 is 0 Å². The Morgan fingerprint density at radius 3 is 1.93 bits per heavy atom. The lowest BCUT2D eigenvalue weighted by Gasteiger charge is -2.33. The number of hydrogen-bond acceptors (Lipinski definition) is 7. The summed E-state index contributed by atoms with van der Waals surface area (Å²) in [6.45, 7) is 7.27. The first-order valence-corrected chi connectivity index (χ1v) is 15.2. The van der Waals surface area contributed by atoms with Crippen LogP contribution in [0.4, 0.5) is 5.69 Å². The van der Waals surface area contributed by atoms with Crippen LogP contribution in [0, 0.1) is 6.92 Å². The quantitative estimate of drug-likeness (QED) is 0.245. The maximum Gasteiger partial charge on any atom is 0.333 e. The number of carboxylic acid groups (broad SMARTS) is 2. The predicted molar refractivity (Wildman–Crippen MR) is 172 cm³/mol. The average molecular weight is 610 g/mol. The van der Waals surface area contributed by atoms with E-state index in [4.69, 9.17) is 15.3 Å². The first-order valence-electron chi connectivity index (χ1n) is 15.2. The van der Waals surface area contributed by atoms with Crippen molar-refractivity contribution in [2.24, 2.45) is 0 Å². The van der Waals surface area contributed by atoms with Gasteiger partial charge in [-0.25, -0.2) is 4.79 Å². The minimum absolute atomic E-state index is 0.755. The zero-order chi connectivity index (χ0) is 31.8. The third kappa shape index (κ3) is 7.84. The molecule has 6 rings (SSSR count). The van der Waals surface area contributed by atoms with E-state index in [0.29, 0.717) is 0 Å². The van der Waals surface area contributed by atoms with Crippen molar-refractivity contribution in [2.75, 3.05) is 31.1 Å². The van der Waals surface area contributed by atoms with Crippen LogP contribution in [0.5, 0.6) is 0 Å². The standard InChI is InChI=1S/C31H33N5.C4H6O5/c1-24-32-33-30-23-35(28-15-8-9-16-29(28)36(24)30)20-10-19-34-21-17-27(18-22-34)31(25-11-4-2-5-12-25)26-13-6-3-7-14-26;5-2(4(8)9)1-3(6)7/h2-9,11-16H,10,17-23H2,1H3;2,5H,1H2,(H,6,7)(H,8,9). The molecule has 45 heavy (non-hydrogen) atoms. The summed E-state index contributed by atoms with van der Waals surface area (Å²) in [7, 11) is 0. The SMILES string of the molecule is Cc1nnc2n1-c1ccccc1N(CCCN1CCC(=C(c3ccccc3)c3ccccc3)CC1)C2.O=C(O)CC(O)C(=O)O. The lowest BCUT2D eigenvalue weighted by molar-refractivity contribution is -0.152. The molecule has 234 valence electrons. The highest BCUT2D eigenvalue weighted by Gasteiger charge is 2.25. The Balaban J connectivity index is 0.000000390. The third-order valence-electron chi connectivity index (χ3n) is 8.18. The molecule has 3 N–H and O–H groups in total. The van der Waals surface area contributed by atoms with Crippen molar-refractivity contribution in [1.29, 1.82) is 0 Å². The number of aliphatic carboxylic acids is 2. The van der Waals surface area contributed by atoms with Crippen LogP contribution in [-0.2, 0) is 16.1 Å². The van der Waals surface area contributed by atoms with Crippen LogP contribution in [-0.4, -0.2) is 79.2 Å². The molecule has 10 nitrogen and oxygen atoms in total. The molecular weight excluding hydrogens is 570 g/mol. The van der Waals surface area contributed by atoms with Crippen molar-refractivity contribution in [1.82, 2.24) is 19.7 Å². The predicted octanol–water partition coefficient (Wildman–Crippen LogP) is 4.79. The number of aliphatic hydroxyl groups excluding tert-OH is 1. The van der Waals surface area contributed by atoms with Crippen LogP contribution in [0.25, 0.3) is 11.3 Å². The number of aryl methyl sites for hydroxylation is 1. The molecular formula is C35H39N5O5. The average Bonchev–Trinajstić information content (AvgIpc) is 3.43. The second-order valence-electron chi connectivity index (χ2n) is 11.3. The zero-order valence-corrected chi connectivity index (χ0v) is 25.4. The number of hydrogen-bond donors (Lipinski definition) is 3. The molecule has 0 radical (unpaired) electrons. The van der Waals surface area contributed by atoms with Gasteiger partial charge in [0.2, 0.25) is 0 Å². The van der Waals surface area contributed by atoms with Crippen LogP contribution in [0.1, 0.15) is 48.5 Å². The Hall–Kier alpha value is -4.80. The van der Waals surface area contributed by atoms with E-state index in [1.54, 1.807) is 5.57 Å². The summed E-state index contributed by atoms with van der Waals surface area (Å²) in [5.41, 5.74) is 8.16. The topological polar surface area (TPSA) is 132 Å². The fourth-order valence-corrected chi connectivity index (χ4v) is 6.02. The highest BCUT2D eigenvalue weighted by atomic mass is 16.4. The van der Waals surface area contributed by atoms with Crippen LogP contribution >= 0.6 is 0 Å². The molecule has 0 saturated carbocycles. The van der Waals surface area contributed by atoms with Gasteiger partial charge in [-0.05, 0) is 61.6 Å². The van der Waals surface area contributed by atoms with Gasteiger partial charge in [-0.3, -0.25) is 9.36 Å². The Morgan fingerprint density at radius 1 is 0.800 bits per heavy atom. The number of para-hydroxylation sites is 2. The summed E-state index contributed by atoms with van der Waals surface area (Å²) >= 11 is 0. The summed E-state index contributed by atoms with van der Waals surface area (Å²) in [5, 5.41) is 32.9. The Labute approximate surface area is 262 Å². The molecule has 1 saturated heterocycles. The van der Waals surface area contributed by atoms with Crippen molar-refractivity contribution >= 4 is 23.2 Å². The molecule has 0 bridgehead atoms. The first kappa shape index (κ1) is 31.6. The van der Waals surface area contributed by atoms with Crippen LogP contribution in [0.15, 0.2) is 90.5 Å². The molecule has 4 aromatic rings. The second kappa shape index (κ2) is 14.8. The number of rotatable bonds is 9. The number of fused-ring (bicyclic) bond motifs is 3. The van der Waals surface area contributed by atoms with Gasteiger partial charge in [-0.2, -0.15) is 0 Å². The Morgan fingerprint density at radius 2 is 1.38 bits per heavy atom. The highest BCUT2D eigenvalue weighted by Crippen LogP contribution is 2.34. The molecule has 1 unspecified atom stereocenters. The Kier molecular flexibility index (Phi) is 10.4. The largest absolute Gasteiger partial charge is 0.481 e. The van der Waals surface area contributed by atoms with Crippen molar-refractivity contribution < 1.29 is 24.9 Å². The summed E-state index contributed by atoms with van der Waals surface area (Å²) in [6, 6.07) is 30.4. The number of carboxylic acids is 2. The van der Waals surface area contributed by atoms with Crippen molar-refractivity contribution in [3.05, 3.63) is 113 Å². The second-order valence-corrected chi connectivity index (χ2v) is 11.3. The van der Waals surface area contributed by atoms with E-state index in [1.807, 2.05) is 6.92 Å². The first-order chi connectivity index (χ1) is 21.8. The summed E-state index contributed by atoms with van der Waals surface area (Å²) in [4.78, 5) is 24.5. The van der Waals surface area contributed by atoms with E-state index < -0.39 is 24.5 Å². The number of aromatic nitrogens is 3. The maximum absolute atomic E-state index is 9.72. The van der Waals surface area contributed by atoms with Gasteiger partial charge < -0.3 is 25.1 Å². The molecule has 10 heteroatoms. The number of carbonyl (C=O) groups is 2. The van der Waals surface area contributed by atoms with Gasteiger partial charge in [-0.1, -0.05) is 78.4 Å². The van der Waals surface area contributed by atoms with Crippen molar-refractivity contribution in [2.45, 2.75) is 45.3 Å². The van der Waals surface area contributed by atoms with Gasteiger partial charge in [0, 0.05) is 19.6 Å². The third-order valence-corrected chi connectivity index (χ3v) is 8.18. The van der Waals surface area contributed by atoms with E-state index in [9.17, 15) is 9.59 Å². The minimum atomic E-state index is -1.79. The normalized spacial score (nSPS) is 14.9. The van der Waals surface area contributed by atoms with Crippen LogP contribution in [0.3, 0.4) is 0 Å². The van der Waals surface area contributed by atoms with Crippen LogP contribution in [0.2, 0.25) is 0 Å². The molecule has 0 amide bonds. The van der Waals surface area contributed by atoms with Gasteiger partial charge in [0.25, 0.3) is 0 Å². The molecule has 1 aromatic heterocycles. The van der Waals surface area contributed by atoms with E-state index in [1.165, 1.54) is 28.1 Å². The number of piperidine rings is 1. The Bertz CT molecular complexity index is 1590. The van der Waals surface area contributed by atoms with Gasteiger partial charge in [0.05, 0.1) is 24.3 Å². The van der Waals surface area contributed by atoms with Gasteiger partial charge in [-0.15, -0.1) is 10.2 Å². The summed E-state index contributed by atoms with van der Waals surface area (Å²) in [6.07, 6.45) is 0.866. The lowest BCUT2D eigenvalue weighted by Crippen LogP contribution is -2.35. The van der Waals surface area contributed by atoms with E-state index in [2.05, 4.69) is 109 Å². The van der Waals surface area contributed by atoms with Crippen molar-refractivity contribution in [3.63, 3.8) is 0 Å². The van der Waals surface area contributed by atoms with Gasteiger partial charge in [0.15, 0.2) is 11.9 Å². The molecule has 3 heterocycles. The molecule has 1 fully saturated rings. The number of likely N-dealkylation sites (tertiary alicyclic amines) is 1. The number of anilines is 1. The van der Waals surface area contributed by atoms with Crippen molar-refractivity contribution in [3.8, 4) is 5.69 Å². The van der Waals surface area contributed by atoms with Gasteiger partial charge in [0.1, 0.15) is 5.82 Å². The fourth-order valence-electron chi connectivity index (χ4n) is 6.02. The van der Waals surface area contributed by atoms with E-state index in [-0.39, 0.29) is 0 Å². The lowest BCUT2D eigenvalue weighted by atomic mass is 9.88. The number of aliphatic hydroxyl groups is 1. The molecule has 3 aromatic carbocycles. The monoisotopic (exact) mass is 609 g/mol. The summed E-state index contributed by atoms with van der Waals surface area (Å²) < 4.78 is 2.20. The zero-order valence-electron chi connectivity index (χ0n) is 25.4. The van der Waals surface area contributed by atoms with E-state index in [0.717, 1.165) is 63.6 Å². The molecule has 2 aliphatic rings. The molecule has 2 aliphatic heterocycles. The minimum Gasteiger partial charge on any atom is -0.481 e. The highest BCUT2D eigenvalue weighted by molar-refractivity contribution is 5.82. The smallest absolute Gasteiger partial charge is 0.333 e.